The van der Waals surface area contributed by atoms with Crippen molar-refractivity contribution in [3.63, 3.8) is 0 Å². The lowest BCUT2D eigenvalue weighted by Crippen LogP contribution is -2.38. The predicted molar refractivity (Wildman–Crippen MR) is 87.4 cm³/mol. The summed E-state index contributed by atoms with van der Waals surface area (Å²) in [6, 6.07) is 5.63. The Bertz CT molecular complexity index is 590. The third-order valence-electron chi connectivity index (χ3n) is 2.97. The van der Waals surface area contributed by atoms with Crippen LogP contribution in [0.15, 0.2) is 29.3 Å². The molecule has 1 aromatic rings. The molecule has 0 fully saturated rings. The molecule has 5 nitrogen and oxygen atoms in total. The number of ether oxygens (including phenoxy) is 2. The molecule has 0 bridgehead atoms. The number of hydrogen-bond acceptors (Lipinski definition) is 3. The van der Waals surface area contributed by atoms with E-state index in [0.29, 0.717) is 18.9 Å². The van der Waals surface area contributed by atoms with Gasteiger partial charge < -0.3 is 20.1 Å². The Morgan fingerprint density at radius 1 is 1.07 bits per heavy atom. The summed E-state index contributed by atoms with van der Waals surface area (Å²) in [5, 5.41) is 5.76. The first kappa shape index (κ1) is 22.9. The molecule has 27 heavy (non-hydrogen) atoms. The number of nitrogens with zero attached hydrogens (tertiary/aromatic N) is 1. The Labute approximate surface area is 152 Å². The van der Waals surface area contributed by atoms with Gasteiger partial charge in [-0.25, -0.2) is 4.99 Å². The van der Waals surface area contributed by atoms with Crippen molar-refractivity contribution in [2.24, 2.45) is 4.99 Å². The molecular formula is C16H21F6N3O2. The average Bonchev–Trinajstić information content (AvgIpc) is 2.54. The van der Waals surface area contributed by atoms with Crippen molar-refractivity contribution in [3.05, 3.63) is 29.8 Å². The van der Waals surface area contributed by atoms with Gasteiger partial charge >= 0.3 is 12.5 Å². The van der Waals surface area contributed by atoms with E-state index in [2.05, 4.69) is 25.1 Å². The number of nitrogens with one attached hydrogen (secondary N) is 2. The second-order valence-corrected chi connectivity index (χ2v) is 5.30. The van der Waals surface area contributed by atoms with Crippen LogP contribution in [0, 0.1) is 0 Å². The Balaban J connectivity index is 2.54. The summed E-state index contributed by atoms with van der Waals surface area (Å²) in [4.78, 5) is 4.16. The van der Waals surface area contributed by atoms with Crippen molar-refractivity contribution >= 4 is 5.96 Å². The van der Waals surface area contributed by atoms with Gasteiger partial charge in [0.05, 0.1) is 6.54 Å². The van der Waals surface area contributed by atoms with E-state index < -0.39 is 19.1 Å². The van der Waals surface area contributed by atoms with Crippen molar-refractivity contribution in [2.75, 3.05) is 26.3 Å². The molecule has 0 unspecified atom stereocenters. The molecule has 2 N–H and O–H groups in total. The van der Waals surface area contributed by atoms with E-state index in [0.717, 1.165) is 0 Å². The van der Waals surface area contributed by atoms with E-state index in [1.165, 1.54) is 18.2 Å². The Kier molecular flexibility index (Phi) is 9.19. The highest BCUT2D eigenvalue weighted by molar-refractivity contribution is 5.79. The second kappa shape index (κ2) is 10.9. The Hall–Kier alpha value is -2.17. The van der Waals surface area contributed by atoms with Crippen molar-refractivity contribution in [3.8, 4) is 5.75 Å². The Morgan fingerprint density at radius 3 is 2.41 bits per heavy atom. The zero-order valence-corrected chi connectivity index (χ0v) is 14.6. The van der Waals surface area contributed by atoms with Gasteiger partial charge in [0.2, 0.25) is 0 Å². The fourth-order valence-electron chi connectivity index (χ4n) is 1.93. The minimum absolute atomic E-state index is 0.0772. The van der Waals surface area contributed by atoms with E-state index in [1.54, 1.807) is 13.0 Å². The molecule has 11 heteroatoms. The zero-order chi connectivity index (χ0) is 20.3. The fourth-order valence-corrected chi connectivity index (χ4v) is 1.93. The highest BCUT2D eigenvalue weighted by Gasteiger charge is 2.32. The SMILES string of the molecule is CCNC(=NCc1ccccc1OC(F)(F)F)NCCCOCC(F)(F)F. The first-order chi connectivity index (χ1) is 12.6. The number of rotatable bonds is 9. The summed E-state index contributed by atoms with van der Waals surface area (Å²) >= 11 is 0. The van der Waals surface area contributed by atoms with Gasteiger partial charge in [0.15, 0.2) is 5.96 Å². The van der Waals surface area contributed by atoms with Gasteiger partial charge in [0, 0.05) is 25.3 Å². The van der Waals surface area contributed by atoms with Crippen molar-refractivity contribution in [2.45, 2.75) is 32.4 Å². The second-order valence-electron chi connectivity index (χ2n) is 5.30. The Morgan fingerprint density at radius 2 is 1.78 bits per heavy atom. The maximum atomic E-state index is 12.4. The number of hydrogen-bond donors (Lipinski definition) is 2. The predicted octanol–water partition coefficient (Wildman–Crippen LogP) is 3.61. The van der Waals surface area contributed by atoms with Crippen LogP contribution in [0.2, 0.25) is 0 Å². The van der Waals surface area contributed by atoms with Crippen LogP contribution in [-0.4, -0.2) is 44.8 Å². The smallest absolute Gasteiger partial charge is 0.405 e. The molecule has 0 atom stereocenters. The average molecular weight is 401 g/mol. The quantitative estimate of drug-likeness (QED) is 0.287. The summed E-state index contributed by atoms with van der Waals surface area (Å²) in [7, 11) is 0. The molecule has 0 saturated heterocycles. The molecule has 0 heterocycles. The summed E-state index contributed by atoms with van der Waals surface area (Å²) in [6.45, 7) is 1.10. The van der Waals surface area contributed by atoms with Crippen LogP contribution < -0.4 is 15.4 Å². The van der Waals surface area contributed by atoms with E-state index in [1.807, 2.05) is 0 Å². The number of benzene rings is 1. The maximum Gasteiger partial charge on any atom is 0.573 e. The monoisotopic (exact) mass is 401 g/mol. The highest BCUT2D eigenvalue weighted by atomic mass is 19.4. The molecule has 154 valence electrons. The van der Waals surface area contributed by atoms with E-state index in [4.69, 9.17) is 0 Å². The number of aliphatic imine (C=N–C) groups is 1. The largest absolute Gasteiger partial charge is 0.573 e. The first-order valence-electron chi connectivity index (χ1n) is 8.11. The summed E-state index contributed by atoms with van der Waals surface area (Å²) in [5.41, 5.74) is 0.237. The third-order valence-corrected chi connectivity index (χ3v) is 2.97. The van der Waals surface area contributed by atoms with Gasteiger partial charge in [-0.1, -0.05) is 18.2 Å². The molecule has 1 rings (SSSR count). The van der Waals surface area contributed by atoms with Gasteiger partial charge in [0.1, 0.15) is 12.4 Å². The molecule has 0 aliphatic heterocycles. The minimum atomic E-state index is -4.81. The van der Waals surface area contributed by atoms with Crippen LogP contribution in [0.25, 0.3) is 0 Å². The van der Waals surface area contributed by atoms with E-state index in [9.17, 15) is 26.3 Å². The molecule has 1 aromatic carbocycles. The van der Waals surface area contributed by atoms with Crippen LogP contribution in [-0.2, 0) is 11.3 Å². The number of alkyl halides is 6. The van der Waals surface area contributed by atoms with Crippen LogP contribution >= 0.6 is 0 Å². The molecule has 0 aliphatic rings. The lowest BCUT2D eigenvalue weighted by molar-refractivity contribution is -0.274. The maximum absolute atomic E-state index is 12.4. The molecule has 0 saturated carbocycles. The zero-order valence-electron chi connectivity index (χ0n) is 14.6. The summed E-state index contributed by atoms with van der Waals surface area (Å²) < 4.78 is 81.5. The highest BCUT2D eigenvalue weighted by Crippen LogP contribution is 2.26. The third kappa shape index (κ3) is 11.2. The molecule has 0 aliphatic carbocycles. The number of halogens is 6. The van der Waals surface area contributed by atoms with Gasteiger partial charge in [-0.2, -0.15) is 13.2 Å². The molecular weight excluding hydrogens is 380 g/mol. The molecule has 0 aromatic heterocycles. The van der Waals surface area contributed by atoms with Crippen LogP contribution in [0.4, 0.5) is 26.3 Å². The van der Waals surface area contributed by atoms with E-state index in [-0.39, 0.29) is 31.0 Å². The summed E-state index contributed by atoms with van der Waals surface area (Å²) in [6.07, 6.45) is -8.87. The van der Waals surface area contributed by atoms with Gasteiger partial charge in [-0.15, -0.1) is 13.2 Å². The van der Waals surface area contributed by atoms with Crippen molar-refractivity contribution in [1.82, 2.24) is 10.6 Å². The lowest BCUT2D eigenvalue weighted by Gasteiger charge is -2.14. The van der Waals surface area contributed by atoms with E-state index >= 15 is 0 Å². The van der Waals surface area contributed by atoms with Gasteiger partial charge in [-0.3, -0.25) is 0 Å². The topological polar surface area (TPSA) is 54.9 Å². The summed E-state index contributed by atoms with van der Waals surface area (Å²) in [5.74, 6) is -0.0275. The van der Waals surface area contributed by atoms with Crippen LogP contribution in [0.5, 0.6) is 5.75 Å². The number of para-hydroxylation sites is 1. The fraction of sp³-hybridized carbons (Fsp3) is 0.562. The normalized spacial score (nSPS) is 12.8. The molecule has 0 spiro atoms. The molecule has 0 amide bonds. The van der Waals surface area contributed by atoms with Crippen molar-refractivity contribution < 1.29 is 35.8 Å². The van der Waals surface area contributed by atoms with Crippen LogP contribution in [0.3, 0.4) is 0 Å². The van der Waals surface area contributed by atoms with Gasteiger partial charge in [0.25, 0.3) is 0 Å². The van der Waals surface area contributed by atoms with Crippen LogP contribution in [0.1, 0.15) is 18.9 Å². The number of guanidine groups is 1. The van der Waals surface area contributed by atoms with Crippen molar-refractivity contribution in [1.29, 1.82) is 0 Å². The molecule has 0 radical (unpaired) electrons. The lowest BCUT2D eigenvalue weighted by atomic mass is 10.2. The van der Waals surface area contributed by atoms with Gasteiger partial charge in [-0.05, 0) is 19.4 Å². The minimum Gasteiger partial charge on any atom is -0.405 e. The first-order valence-corrected chi connectivity index (χ1v) is 8.11. The standard InChI is InChI=1S/C16H21F6N3O2/c1-2-23-14(24-8-5-9-26-11-15(17,18)19)25-10-12-6-3-4-7-13(12)27-16(20,21)22/h3-4,6-7H,2,5,8-11H2,1H3,(H2,23,24,25).